The minimum atomic E-state index is -2.03. The number of aromatic nitrogens is 1. The van der Waals surface area contributed by atoms with Crippen LogP contribution in [0.2, 0.25) is 36.3 Å². The van der Waals surface area contributed by atoms with Crippen LogP contribution in [0, 0.1) is 0 Å². The van der Waals surface area contributed by atoms with Crippen molar-refractivity contribution >= 4 is 33.6 Å². The van der Waals surface area contributed by atoms with E-state index in [4.69, 9.17) is 18.3 Å². The van der Waals surface area contributed by atoms with Crippen LogP contribution in [0.1, 0.15) is 69.2 Å². The Balaban J connectivity index is 2.16. The number of ether oxygens (including phenoxy) is 2. The van der Waals surface area contributed by atoms with Crippen LogP contribution in [0.3, 0.4) is 0 Å². The van der Waals surface area contributed by atoms with Crippen LogP contribution in [-0.4, -0.2) is 76.7 Å². The molecule has 1 aromatic carbocycles. The number of carbonyl (C=O) groups excluding carboxylic acids is 1. The summed E-state index contributed by atoms with van der Waals surface area (Å²) >= 11 is 0. The Hall–Kier alpha value is -1.66. The van der Waals surface area contributed by atoms with E-state index in [0.29, 0.717) is 6.61 Å². The van der Waals surface area contributed by atoms with Crippen molar-refractivity contribution in [1.82, 2.24) is 9.47 Å². The zero-order valence-electron chi connectivity index (χ0n) is 28.4. The molecule has 0 aliphatic heterocycles. The monoisotopic (exact) mass is 606 g/mol. The van der Waals surface area contributed by atoms with E-state index in [2.05, 4.69) is 79.6 Å². The molecule has 7 nitrogen and oxygen atoms in total. The molecule has 2 aromatic rings. The highest BCUT2D eigenvalue weighted by atomic mass is 28.4. The maximum Gasteiger partial charge on any atom is 0.418 e. The Labute approximate surface area is 252 Å². The fourth-order valence-electron chi connectivity index (χ4n) is 3.90. The first kappa shape index (κ1) is 35.5. The third-order valence-corrected chi connectivity index (χ3v) is 17.6. The molecule has 0 saturated heterocycles. The molecule has 0 fully saturated rings. The fraction of sp³-hybridized carbons (Fsp3) is 0.719. The smallest absolute Gasteiger partial charge is 0.418 e. The Morgan fingerprint density at radius 2 is 1.54 bits per heavy atom. The summed E-state index contributed by atoms with van der Waals surface area (Å²) in [6.07, 6.45) is 1.28. The van der Waals surface area contributed by atoms with E-state index in [1.165, 1.54) is 0 Å². The van der Waals surface area contributed by atoms with Crippen molar-refractivity contribution in [2.45, 2.75) is 117 Å². The van der Waals surface area contributed by atoms with Crippen molar-refractivity contribution in [3.63, 3.8) is 0 Å². The molecular formula is C32H58N2O5Si2. The maximum absolute atomic E-state index is 12.6. The number of fused-ring (bicyclic) bond motifs is 1. The summed E-state index contributed by atoms with van der Waals surface area (Å²) in [5, 5.41) is 1.21. The second-order valence-electron chi connectivity index (χ2n) is 15.2. The van der Waals surface area contributed by atoms with E-state index in [-0.39, 0.29) is 22.3 Å². The maximum atomic E-state index is 12.6. The second kappa shape index (κ2) is 13.3. The summed E-state index contributed by atoms with van der Waals surface area (Å²) in [6, 6.07) is 7.72. The van der Waals surface area contributed by atoms with Crippen LogP contribution in [0.5, 0.6) is 5.75 Å². The number of likely N-dealkylation sites (N-methyl/N-ethyl adjacent to an activating group) is 1. The molecule has 0 bridgehead atoms. The number of carbonyl (C=O) groups is 1. The highest BCUT2D eigenvalue weighted by Crippen LogP contribution is 2.38. The molecule has 0 aliphatic carbocycles. The second-order valence-corrected chi connectivity index (χ2v) is 24.8. The molecule has 0 N–H and O–H groups in total. The average Bonchev–Trinajstić information content (AvgIpc) is 3.22. The summed E-state index contributed by atoms with van der Waals surface area (Å²) in [5.41, 5.74) is 0.235. The van der Waals surface area contributed by atoms with Gasteiger partial charge in [-0.1, -0.05) is 48.5 Å². The van der Waals surface area contributed by atoms with Gasteiger partial charge in [0.25, 0.3) is 0 Å². The van der Waals surface area contributed by atoms with Gasteiger partial charge in [0.2, 0.25) is 0 Å². The highest BCUT2D eigenvalue weighted by molar-refractivity contribution is 6.74. The molecule has 0 saturated carbocycles. The largest absolute Gasteiger partial charge is 0.491 e. The Bertz CT molecular complexity index is 1140. The van der Waals surface area contributed by atoms with Crippen LogP contribution in [0.4, 0.5) is 4.79 Å². The molecule has 0 amide bonds. The quantitative estimate of drug-likeness (QED) is 0.226. The van der Waals surface area contributed by atoms with Crippen molar-refractivity contribution in [1.29, 1.82) is 0 Å². The number of nitrogens with zero attached hydrogens (tertiary/aromatic N) is 2. The first-order chi connectivity index (χ1) is 18.6. The van der Waals surface area contributed by atoms with Crippen LogP contribution in [0.15, 0.2) is 30.5 Å². The molecule has 234 valence electrons. The molecule has 1 heterocycles. The molecule has 0 radical (unpaired) electrons. The number of rotatable bonds is 12. The predicted octanol–water partition coefficient (Wildman–Crippen LogP) is 8.54. The first-order valence-electron chi connectivity index (χ1n) is 15.1. The average molecular weight is 607 g/mol. The molecule has 0 aliphatic rings. The lowest BCUT2D eigenvalue weighted by atomic mass is 10.2. The van der Waals surface area contributed by atoms with Gasteiger partial charge in [-0.25, -0.2) is 4.79 Å². The third-order valence-electron chi connectivity index (χ3n) is 8.54. The van der Waals surface area contributed by atoms with Gasteiger partial charge in [-0.15, -0.1) is 0 Å². The normalized spacial score (nSPS) is 14.5. The Morgan fingerprint density at radius 3 is 2.07 bits per heavy atom. The minimum Gasteiger partial charge on any atom is -0.491 e. The van der Waals surface area contributed by atoms with Gasteiger partial charge in [-0.3, -0.25) is 9.47 Å². The van der Waals surface area contributed by atoms with E-state index in [1.807, 2.05) is 45.0 Å². The number of hydrogen-bond donors (Lipinski definition) is 0. The fourth-order valence-corrected chi connectivity index (χ4v) is 6.26. The van der Waals surface area contributed by atoms with Crippen molar-refractivity contribution in [2.24, 2.45) is 0 Å². The lowest BCUT2D eigenvalue weighted by molar-refractivity contribution is 0.0544. The van der Waals surface area contributed by atoms with Crippen LogP contribution in [-0.2, 0) is 13.6 Å². The van der Waals surface area contributed by atoms with E-state index >= 15 is 0 Å². The number of benzene rings is 1. The van der Waals surface area contributed by atoms with Crippen molar-refractivity contribution in [3.8, 4) is 5.75 Å². The van der Waals surface area contributed by atoms with E-state index in [1.54, 1.807) is 10.8 Å². The molecule has 2 rings (SSSR count). The van der Waals surface area contributed by atoms with Crippen LogP contribution < -0.4 is 4.74 Å². The summed E-state index contributed by atoms with van der Waals surface area (Å²) < 4.78 is 26.8. The topological polar surface area (TPSA) is 62.2 Å². The standard InChI is InChI=1S/C32H58N2O5Si2/c1-15-33(20-21-37-40(11,12)31(5,6)7)23-27(39-41(13,14)32(8,9)10)24-36-26-16-17-28-25(22-26)18-19-34(28)29(35)38-30(2,3)4/h16-19,22,27H,15,20-21,23-24H2,1-14H3. The molecule has 1 unspecified atom stereocenters. The van der Waals surface area contributed by atoms with Gasteiger partial charge >= 0.3 is 6.09 Å². The zero-order chi connectivity index (χ0) is 31.4. The van der Waals surface area contributed by atoms with E-state index < -0.39 is 22.2 Å². The van der Waals surface area contributed by atoms with E-state index in [0.717, 1.165) is 42.9 Å². The lowest BCUT2D eigenvalue weighted by Crippen LogP contribution is -2.49. The first-order valence-corrected chi connectivity index (χ1v) is 20.9. The van der Waals surface area contributed by atoms with Gasteiger partial charge in [0, 0.05) is 31.3 Å². The molecule has 9 heteroatoms. The van der Waals surface area contributed by atoms with Crippen molar-refractivity contribution < 1.29 is 23.1 Å². The summed E-state index contributed by atoms with van der Waals surface area (Å²) in [4.78, 5) is 15.1. The summed E-state index contributed by atoms with van der Waals surface area (Å²) in [7, 11) is -3.82. The van der Waals surface area contributed by atoms with E-state index in [9.17, 15) is 4.79 Å². The molecule has 1 atom stereocenters. The molecule has 41 heavy (non-hydrogen) atoms. The van der Waals surface area contributed by atoms with Gasteiger partial charge in [0.1, 0.15) is 18.0 Å². The lowest BCUT2D eigenvalue weighted by Gasteiger charge is -2.40. The highest BCUT2D eigenvalue weighted by Gasteiger charge is 2.40. The van der Waals surface area contributed by atoms with Crippen molar-refractivity contribution in [3.05, 3.63) is 30.5 Å². The predicted molar refractivity (Wildman–Crippen MR) is 176 cm³/mol. The molecular weight excluding hydrogens is 549 g/mol. The Morgan fingerprint density at radius 1 is 0.927 bits per heavy atom. The summed E-state index contributed by atoms with van der Waals surface area (Å²) in [6.45, 7) is 34.4. The van der Waals surface area contributed by atoms with Gasteiger partial charge in [0.05, 0.1) is 11.6 Å². The molecule has 1 aromatic heterocycles. The minimum absolute atomic E-state index is 0.0780. The third kappa shape index (κ3) is 10.2. The van der Waals surface area contributed by atoms with Crippen LogP contribution in [0.25, 0.3) is 10.9 Å². The van der Waals surface area contributed by atoms with Gasteiger partial charge in [-0.05, 0) is 87.8 Å². The Kier molecular flexibility index (Phi) is 11.6. The summed E-state index contributed by atoms with van der Waals surface area (Å²) in [5.74, 6) is 0.757. The SMILES string of the molecule is CCN(CCO[Si](C)(C)C(C)(C)C)CC(COc1ccc2c(ccn2C(=O)OC(C)(C)C)c1)O[Si](C)(C)C(C)(C)C. The van der Waals surface area contributed by atoms with Crippen LogP contribution >= 0.6 is 0 Å². The van der Waals surface area contributed by atoms with Gasteiger partial charge in [0.15, 0.2) is 16.6 Å². The van der Waals surface area contributed by atoms with Gasteiger partial charge < -0.3 is 18.3 Å². The van der Waals surface area contributed by atoms with Gasteiger partial charge in [-0.2, -0.15) is 0 Å². The molecule has 0 spiro atoms. The number of hydrogen-bond acceptors (Lipinski definition) is 6. The van der Waals surface area contributed by atoms with Crippen molar-refractivity contribution in [2.75, 3.05) is 32.8 Å². The zero-order valence-corrected chi connectivity index (χ0v) is 30.4.